The zero-order valence-corrected chi connectivity index (χ0v) is 14.8. The molecule has 2 heterocycles. The molecule has 24 heavy (non-hydrogen) atoms. The Labute approximate surface area is 146 Å². The average Bonchev–Trinajstić information content (AvgIpc) is 2.93. The van der Waals surface area contributed by atoms with E-state index in [0.717, 1.165) is 16.8 Å². The Morgan fingerprint density at radius 1 is 1.25 bits per heavy atom. The van der Waals surface area contributed by atoms with Crippen molar-refractivity contribution >= 4 is 23.5 Å². The molecular weight excluding hydrogens is 324 g/mol. The van der Waals surface area contributed by atoms with Gasteiger partial charge >= 0.3 is 0 Å². The number of aryl methyl sites for hydroxylation is 1. The first-order valence-electron chi connectivity index (χ1n) is 7.80. The molecule has 5 nitrogen and oxygen atoms in total. The van der Waals surface area contributed by atoms with Gasteiger partial charge in [-0.15, -0.1) is 0 Å². The summed E-state index contributed by atoms with van der Waals surface area (Å²) in [5.74, 6) is 0. The van der Waals surface area contributed by atoms with Crippen LogP contribution in [0.25, 0.3) is 5.70 Å². The van der Waals surface area contributed by atoms with E-state index in [4.69, 9.17) is 11.6 Å². The predicted octanol–water partition coefficient (Wildman–Crippen LogP) is 3.27. The van der Waals surface area contributed by atoms with E-state index < -0.39 is 5.60 Å². The fourth-order valence-electron chi connectivity index (χ4n) is 2.81. The summed E-state index contributed by atoms with van der Waals surface area (Å²) in [7, 11) is 1.88. The Kier molecular flexibility index (Phi) is 4.47. The molecule has 0 aliphatic carbocycles. The third-order valence-corrected chi connectivity index (χ3v) is 4.04. The van der Waals surface area contributed by atoms with Crippen molar-refractivity contribution in [2.45, 2.75) is 25.6 Å². The molecule has 0 bridgehead atoms. The van der Waals surface area contributed by atoms with Gasteiger partial charge in [0.15, 0.2) is 0 Å². The van der Waals surface area contributed by atoms with E-state index in [9.17, 15) is 5.11 Å². The van der Waals surface area contributed by atoms with Crippen LogP contribution in [-0.2, 0) is 7.05 Å². The molecule has 0 radical (unpaired) electrons. The molecular formula is C18H21ClN4O. The molecule has 1 aliphatic heterocycles. The van der Waals surface area contributed by atoms with E-state index in [2.05, 4.69) is 15.0 Å². The van der Waals surface area contributed by atoms with Gasteiger partial charge in [0.25, 0.3) is 0 Å². The van der Waals surface area contributed by atoms with Gasteiger partial charge in [-0.05, 0) is 37.6 Å². The Morgan fingerprint density at radius 3 is 2.54 bits per heavy atom. The van der Waals surface area contributed by atoms with Crippen molar-refractivity contribution in [2.75, 3.05) is 6.54 Å². The lowest BCUT2D eigenvalue weighted by atomic mass is 10.0. The topological polar surface area (TPSA) is 53.7 Å². The van der Waals surface area contributed by atoms with Crippen LogP contribution in [0, 0.1) is 0 Å². The van der Waals surface area contributed by atoms with Crippen LogP contribution in [0.5, 0.6) is 0 Å². The smallest absolute Gasteiger partial charge is 0.150 e. The lowest BCUT2D eigenvalue weighted by Crippen LogP contribution is -2.40. The first-order valence-corrected chi connectivity index (χ1v) is 8.18. The molecule has 1 atom stereocenters. The van der Waals surface area contributed by atoms with E-state index >= 15 is 0 Å². The maximum atomic E-state index is 10.4. The minimum Gasteiger partial charge on any atom is -0.389 e. The van der Waals surface area contributed by atoms with Crippen molar-refractivity contribution in [1.29, 1.82) is 0 Å². The summed E-state index contributed by atoms with van der Waals surface area (Å²) in [6.07, 6.45) is 7.31. The fraction of sp³-hybridized carbons (Fsp3) is 0.333. The van der Waals surface area contributed by atoms with Gasteiger partial charge < -0.3 is 10.0 Å². The van der Waals surface area contributed by atoms with Crippen LogP contribution in [0.1, 0.15) is 31.1 Å². The monoisotopic (exact) mass is 344 g/mol. The molecule has 1 aromatic carbocycles. The van der Waals surface area contributed by atoms with Crippen LogP contribution in [0.15, 0.2) is 47.7 Å². The van der Waals surface area contributed by atoms with Crippen molar-refractivity contribution in [3.63, 3.8) is 0 Å². The molecule has 0 saturated carbocycles. The molecule has 0 amide bonds. The number of aliphatic hydroxyl groups is 1. The zero-order chi connectivity index (χ0) is 17.3. The van der Waals surface area contributed by atoms with Crippen molar-refractivity contribution in [3.8, 4) is 0 Å². The third kappa shape index (κ3) is 3.68. The van der Waals surface area contributed by atoms with Crippen LogP contribution in [-0.4, -0.2) is 38.1 Å². The van der Waals surface area contributed by atoms with Crippen LogP contribution in [0.4, 0.5) is 0 Å². The van der Waals surface area contributed by atoms with Gasteiger partial charge in [-0.1, -0.05) is 23.7 Å². The second kappa shape index (κ2) is 6.42. The highest BCUT2D eigenvalue weighted by atomic mass is 35.5. The van der Waals surface area contributed by atoms with Gasteiger partial charge in [-0.25, -0.2) is 0 Å². The van der Waals surface area contributed by atoms with Crippen LogP contribution < -0.4 is 0 Å². The summed E-state index contributed by atoms with van der Waals surface area (Å²) < 4.78 is 1.76. The molecule has 1 unspecified atom stereocenters. The number of halogens is 1. The molecule has 1 N–H and O–H groups in total. The molecule has 126 valence electrons. The van der Waals surface area contributed by atoms with Crippen molar-refractivity contribution < 1.29 is 5.11 Å². The molecule has 0 fully saturated rings. The van der Waals surface area contributed by atoms with Gasteiger partial charge in [0.1, 0.15) is 6.17 Å². The Morgan fingerprint density at radius 2 is 1.96 bits per heavy atom. The summed E-state index contributed by atoms with van der Waals surface area (Å²) in [5, 5.41) is 15.3. The number of aromatic nitrogens is 2. The first kappa shape index (κ1) is 16.7. The second-order valence-corrected chi connectivity index (χ2v) is 7.05. The lowest BCUT2D eigenvalue weighted by molar-refractivity contribution is 0.0432. The number of hydrogen-bond donors (Lipinski definition) is 1. The normalized spacial score (nSPS) is 18.0. The number of β-amino-alcohol motifs (C(OH)–C–C–N with tert-alkyl or cyclic N) is 1. The molecule has 0 saturated heterocycles. The molecule has 1 aromatic heterocycles. The molecule has 2 aromatic rings. The molecule has 3 rings (SSSR count). The molecule has 0 spiro atoms. The van der Waals surface area contributed by atoms with Crippen molar-refractivity contribution in [3.05, 3.63) is 58.9 Å². The van der Waals surface area contributed by atoms with Crippen molar-refractivity contribution in [2.24, 2.45) is 12.0 Å². The maximum Gasteiger partial charge on any atom is 0.150 e. The maximum absolute atomic E-state index is 10.4. The summed E-state index contributed by atoms with van der Waals surface area (Å²) in [4.78, 5) is 6.70. The minimum absolute atomic E-state index is 0.221. The van der Waals surface area contributed by atoms with Crippen LogP contribution in [0.2, 0.25) is 5.02 Å². The standard InChI is InChI=1S/C18H21ClN4O/c1-18(2,24)12-23-16(13-4-6-15(19)7-5-13)8-9-20-17(23)14-10-21-22(3)11-14/h4-11,17,24H,12H2,1-3H3. The number of aliphatic imine (C=N–C) groups is 1. The third-order valence-electron chi connectivity index (χ3n) is 3.78. The van der Waals surface area contributed by atoms with Gasteiger partial charge in [0.05, 0.1) is 11.8 Å². The van der Waals surface area contributed by atoms with Crippen LogP contribution >= 0.6 is 11.6 Å². The van der Waals surface area contributed by atoms with Crippen LogP contribution in [0.3, 0.4) is 0 Å². The number of nitrogens with zero attached hydrogens (tertiary/aromatic N) is 4. The first-order chi connectivity index (χ1) is 11.3. The lowest BCUT2D eigenvalue weighted by Gasteiger charge is -2.38. The average molecular weight is 345 g/mol. The predicted molar refractivity (Wildman–Crippen MR) is 96.9 cm³/mol. The number of hydrogen-bond acceptors (Lipinski definition) is 4. The SMILES string of the molecule is Cn1cc(C2N=CC=C(c3ccc(Cl)cc3)N2CC(C)(C)O)cn1. The minimum atomic E-state index is -0.862. The van der Waals surface area contributed by atoms with Gasteiger partial charge in [-0.2, -0.15) is 5.10 Å². The Bertz CT molecular complexity index is 771. The van der Waals surface area contributed by atoms with Gasteiger partial charge in [-0.3, -0.25) is 9.67 Å². The molecule has 1 aliphatic rings. The molecule has 6 heteroatoms. The van der Waals surface area contributed by atoms with Gasteiger partial charge in [0.2, 0.25) is 0 Å². The summed E-state index contributed by atoms with van der Waals surface area (Å²) in [6.45, 7) is 4.04. The zero-order valence-electron chi connectivity index (χ0n) is 14.0. The van der Waals surface area contributed by atoms with E-state index in [0.29, 0.717) is 11.6 Å². The second-order valence-electron chi connectivity index (χ2n) is 6.62. The number of allylic oxidation sites excluding steroid dienone is 1. The highest BCUT2D eigenvalue weighted by Crippen LogP contribution is 2.34. The quantitative estimate of drug-likeness (QED) is 0.926. The van der Waals surface area contributed by atoms with E-state index in [1.165, 1.54) is 0 Å². The summed E-state index contributed by atoms with van der Waals surface area (Å²) in [5.41, 5.74) is 2.15. The van der Waals surface area contributed by atoms with E-state index in [-0.39, 0.29) is 6.17 Å². The summed E-state index contributed by atoms with van der Waals surface area (Å²) >= 11 is 6.01. The number of rotatable bonds is 4. The fourth-order valence-corrected chi connectivity index (χ4v) is 2.94. The van der Waals surface area contributed by atoms with Crippen molar-refractivity contribution in [1.82, 2.24) is 14.7 Å². The van der Waals surface area contributed by atoms with E-state index in [1.807, 2.05) is 56.0 Å². The highest BCUT2D eigenvalue weighted by molar-refractivity contribution is 6.30. The number of benzene rings is 1. The largest absolute Gasteiger partial charge is 0.389 e. The Balaban J connectivity index is 2.01. The van der Waals surface area contributed by atoms with Gasteiger partial charge in [0, 0.05) is 42.3 Å². The summed E-state index contributed by atoms with van der Waals surface area (Å²) in [6, 6.07) is 7.69. The highest BCUT2D eigenvalue weighted by Gasteiger charge is 2.30. The van der Waals surface area contributed by atoms with E-state index in [1.54, 1.807) is 18.5 Å². The Hall–Kier alpha value is -2.11.